The molecule has 1 N–H and O–H groups in total. The Morgan fingerprint density at radius 3 is 2.52 bits per heavy atom. The molecular weight excluding hydrogens is 297 g/mol. The zero-order valence-corrected chi connectivity index (χ0v) is 11.8. The van der Waals surface area contributed by atoms with Gasteiger partial charge in [0.25, 0.3) is 0 Å². The van der Waals surface area contributed by atoms with Gasteiger partial charge in [-0.2, -0.15) is 13.2 Å². The summed E-state index contributed by atoms with van der Waals surface area (Å²) >= 11 is 5.23. The summed E-state index contributed by atoms with van der Waals surface area (Å²) in [7, 11) is 0. The first-order chi connectivity index (χ1) is 9.88. The Morgan fingerprint density at radius 1 is 1.10 bits per heavy atom. The van der Waals surface area contributed by atoms with Crippen LogP contribution in [-0.2, 0) is 6.18 Å². The van der Waals surface area contributed by atoms with Crippen molar-refractivity contribution in [2.24, 2.45) is 0 Å². The molecule has 0 saturated carbocycles. The van der Waals surface area contributed by atoms with Crippen LogP contribution in [0.2, 0.25) is 0 Å². The van der Waals surface area contributed by atoms with Gasteiger partial charge in [-0.15, -0.1) is 0 Å². The minimum Gasteiger partial charge on any atom is -0.330 e. The monoisotopic (exact) mass is 308 g/mol. The molecule has 1 aromatic heterocycles. The summed E-state index contributed by atoms with van der Waals surface area (Å²) in [5.74, 6) is 0. The molecule has 0 aliphatic carbocycles. The number of rotatable bonds is 1. The van der Waals surface area contributed by atoms with E-state index in [1.54, 1.807) is 10.6 Å². The number of hydrogen-bond acceptors (Lipinski definition) is 1. The van der Waals surface area contributed by atoms with Gasteiger partial charge in [0.1, 0.15) is 0 Å². The minimum atomic E-state index is -4.38. The second-order valence-electron chi connectivity index (χ2n) is 4.78. The standard InChI is InChI=1S/C15H11F3N2S/c1-9-6-7-10(8-11(9)15(16,17)18)20-13-5-3-2-4-12(13)19-14(20)21/h2-8H,1H3,(H,19,21). The van der Waals surface area contributed by atoms with Crippen molar-refractivity contribution < 1.29 is 13.2 Å². The van der Waals surface area contributed by atoms with Gasteiger partial charge < -0.3 is 4.98 Å². The van der Waals surface area contributed by atoms with Crippen LogP contribution in [0.5, 0.6) is 0 Å². The fraction of sp³-hybridized carbons (Fsp3) is 0.133. The number of nitrogens with one attached hydrogen (secondary N) is 1. The third-order valence-corrected chi connectivity index (χ3v) is 3.66. The lowest BCUT2D eigenvalue weighted by Gasteiger charge is -2.13. The molecular formula is C15H11F3N2S. The number of hydrogen-bond donors (Lipinski definition) is 1. The van der Waals surface area contributed by atoms with Crippen LogP contribution in [0.1, 0.15) is 11.1 Å². The fourth-order valence-corrected chi connectivity index (χ4v) is 2.68. The highest BCUT2D eigenvalue weighted by atomic mass is 32.1. The fourth-order valence-electron chi connectivity index (χ4n) is 2.37. The molecule has 0 amide bonds. The minimum absolute atomic E-state index is 0.192. The molecule has 3 aromatic rings. The van der Waals surface area contributed by atoms with E-state index in [0.717, 1.165) is 17.1 Å². The number of aromatic nitrogens is 2. The Balaban J connectivity index is 2.29. The quantitative estimate of drug-likeness (QED) is 0.626. The van der Waals surface area contributed by atoms with E-state index in [2.05, 4.69) is 4.98 Å². The SMILES string of the molecule is Cc1ccc(-n2c(=S)[nH]c3ccccc32)cc1C(F)(F)F. The Kier molecular flexibility index (Phi) is 3.13. The van der Waals surface area contributed by atoms with Gasteiger partial charge in [0.05, 0.1) is 16.6 Å². The molecule has 3 rings (SSSR count). The molecule has 0 aliphatic rings. The largest absolute Gasteiger partial charge is 0.416 e. The molecule has 21 heavy (non-hydrogen) atoms. The number of fused-ring (bicyclic) bond motifs is 1. The van der Waals surface area contributed by atoms with Gasteiger partial charge in [0.2, 0.25) is 0 Å². The van der Waals surface area contributed by atoms with Gasteiger partial charge in [-0.05, 0) is 49.0 Å². The molecule has 0 aliphatic heterocycles. The number of imidazole rings is 1. The van der Waals surface area contributed by atoms with E-state index < -0.39 is 11.7 Å². The topological polar surface area (TPSA) is 20.7 Å². The molecule has 6 heteroatoms. The highest BCUT2D eigenvalue weighted by Gasteiger charge is 2.32. The molecule has 2 aromatic carbocycles. The van der Waals surface area contributed by atoms with Gasteiger partial charge >= 0.3 is 6.18 Å². The predicted octanol–water partition coefficient (Wildman–Crippen LogP) is 5.02. The molecule has 2 nitrogen and oxygen atoms in total. The van der Waals surface area contributed by atoms with Crippen molar-refractivity contribution in [1.29, 1.82) is 0 Å². The van der Waals surface area contributed by atoms with Crippen LogP contribution < -0.4 is 0 Å². The molecule has 0 spiro atoms. The van der Waals surface area contributed by atoms with Crippen molar-refractivity contribution in [3.8, 4) is 5.69 Å². The third-order valence-electron chi connectivity index (χ3n) is 3.37. The highest BCUT2D eigenvalue weighted by Crippen LogP contribution is 2.33. The van der Waals surface area contributed by atoms with Crippen LogP contribution in [0.25, 0.3) is 16.7 Å². The third kappa shape index (κ3) is 2.35. The van der Waals surface area contributed by atoms with Crippen molar-refractivity contribution >= 4 is 23.3 Å². The number of benzene rings is 2. The summed E-state index contributed by atoms with van der Waals surface area (Å²) in [4.78, 5) is 2.99. The van der Waals surface area contributed by atoms with Crippen molar-refractivity contribution in [1.82, 2.24) is 9.55 Å². The Morgan fingerprint density at radius 2 is 1.81 bits per heavy atom. The first-order valence-electron chi connectivity index (χ1n) is 6.26. The summed E-state index contributed by atoms with van der Waals surface area (Å²) < 4.78 is 41.1. The molecule has 1 heterocycles. The lowest BCUT2D eigenvalue weighted by molar-refractivity contribution is -0.138. The van der Waals surface area contributed by atoms with Gasteiger partial charge in [0.15, 0.2) is 4.77 Å². The Hall–Kier alpha value is -2.08. The Labute approximate surface area is 123 Å². The zero-order chi connectivity index (χ0) is 15.2. The van der Waals surface area contributed by atoms with Crippen LogP contribution in [0.4, 0.5) is 13.2 Å². The predicted molar refractivity (Wildman–Crippen MR) is 78.2 cm³/mol. The van der Waals surface area contributed by atoms with Crippen LogP contribution in [0.15, 0.2) is 42.5 Å². The number of nitrogens with zero attached hydrogens (tertiary/aromatic N) is 1. The summed E-state index contributed by atoms with van der Waals surface area (Å²) in [6.45, 7) is 1.45. The molecule has 108 valence electrons. The summed E-state index contributed by atoms with van der Waals surface area (Å²) in [5, 5.41) is 0. The van der Waals surface area contributed by atoms with Crippen LogP contribution in [-0.4, -0.2) is 9.55 Å². The summed E-state index contributed by atoms with van der Waals surface area (Å²) in [6, 6.07) is 11.5. The lowest BCUT2D eigenvalue weighted by Crippen LogP contribution is -2.08. The molecule has 0 radical (unpaired) electrons. The van der Waals surface area contributed by atoms with E-state index in [9.17, 15) is 13.2 Å². The van der Waals surface area contributed by atoms with Gasteiger partial charge in [-0.25, -0.2) is 0 Å². The number of H-pyrrole nitrogens is 1. The van der Waals surface area contributed by atoms with Crippen LogP contribution >= 0.6 is 12.2 Å². The summed E-state index contributed by atoms with van der Waals surface area (Å²) in [5.41, 5.74) is 1.48. The van der Waals surface area contributed by atoms with E-state index in [4.69, 9.17) is 12.2 Å². The molecule has 0 bridgehead atoms. The molecule has 0 unspecified atom stereocenters. The van der Waals surface area contributed by atoms with Gasteiger partial charge in [-0.1, -0.05) is 18.2 Å². The number of aromatic amines is 1. The first kappa shape index (κ1) is 13.9. The van der Waals surface area contributed by atoms with E-state index in [-0.39, 0.29) is 5.56 Å². The van der Waals surface area contributed by atoms with Crippen LogP contribution in [0, 0.1) is 11.7 Å². The van der Waals surface area contributed by atoms with Crippen molar-refractivity contribution in [3.05, 3.63) is 58.4 Å². The average molecular weight is 308 g/mol. The van der Waals surface area contributed by atoms with Crippen molar-refractivity contribution in [2.45, 2.75) is 13.1 Å². The van der Waals surface area contributed by atoms with E-state index in [0.29, 0.717) is 10.5 Å². The lowest BCUT2D eigenvalue weighted by atomic mass is 10.1. The maximum atomic E-state index is 13.0. The molecule has 0 atom stereocenters. The number of alkyl halides is 3. The van der Waals surface area contributed by atoms with E-state index in [1.807, 2.05) is 24.3 Å². The van der Waals surface area contributed by atoms with Gasteiger partial charge in [0, 0.05) is 5.69 Å². The van der Waals surface area contributed by atoms with E-state index in [1.165, 1.54) is 13.0 Å². The number of para-hydroxylation sites is 2. The maximum absolute atomic E-state index is 13.0. The van der Waals surface area contributed by atoms with Crippen LogP contribution in [0.3, 0.4) is 0 Å². The zero-order valence-electron chi connectivity index (χ0n) is 11.0. The maximum Gasteiger partial charge on any atom is 0.416 e. The van der Waals surface area contributed by atoms with Crippen molar-refractivity contribution in [2.75, 3.05) is 0 Å². The number of halogens is 3. The van der Waals surface area contributed by atoms with Gasteiger partial charge in [-0.3, -0.25) is 4.57 Å². The van der Waals surface area contributed by atoms with E-state index >= 15 is 0 Å². The molecule has 0 saturated heterocycles. The van der Waals surface area contributed by atoms with Crippen molar-refractivity contribution in [3.63, 3.8) is 0 Å². The second kappa shape index (κ2) is 4.73. The summed E-state index contributed by atoms with van der Waals surface area (Å²) in [6.07, 6.45) is -4.38. The first-order valence-corrected chi connectivity index (χ1v) is 6.67. The number of aryl methyl sites for hydroxylation is 1. The molecule has 0 fully saturated rings. The normalized spacial score (nSPS) is 12.0. The highest BCUT2D eigenvalue weighted by molar-refractivity contribution is 7.71. The second-order valence-corrected chi connectivity index (χ2v) is 5.17. The Bertz CT molecular complexity index is 874. The average Bonchev–Trinajstić information content (AvgIpc) is 2.74. The smallest absolute Gasteiger partial charge is 0.330 e.